The van der Waals surface area contributed by atoms with Crippen molar-refractivity contribution in [1.82, 2.24) is 10.2 Å². The van der Waals surface area contributed by atoms with Crippen LogP contribution in [-0.2, 0) is 14.3 Å². The van der Waals surface area contributed by atoms with Gasteiger partial charge < -0.3 is 15.0 Å². The van der Waals surface area contributed by atoms with E-state index < -0.39 is 0 Å². The van der Waals surface area contributed by atoms with Gasteiger partial charge in [0, 0.05) is 37.4 Å². The van der Waals surface area contributed by atoms with Crippen molar-refractivity contribution in [3.05, 3.63) is 50.5 Å². The number of ether oxygens (including phenoxy) is 1. The summed E-state index contributed by atoms with van der Waals surface area (Å²) in [6.07, 6.45) is 0. The first-order chi connectivity index (χ1) is 14.6. The van der Waals surface area contributed by atoms with Crippen molar-refractivity contribution in [3.63, 3.8) is 0 Å². The quantitative estimate of drug-likeness (QED) is 0.544. The molecule has 158 valence electrons. The molecule has 0 aromatic heterocycles. The highest BCUT2D eigenvalue weighted by molar-refractivity contribution is 8.27. The molecule has 1 N–H and O–H groups in total. The Bertz CT molecular complexity index is 899. The number of amides is 1. The Hall–Kier alpha value is -2.07. The predicted molar refractivity (Wildman–Crippen MR) is 120 cm³/mol. The topological polar surface area (TPSA) is 79.0 Å². The molecule has 9 heteroatoms. The van der Waals surface area contributed by atoms with Crippen LogP contribution in [0.4, 0.5) is 5.69 Å². The first-order valence-electron chi connectivity index (χ1n) is 9.85. The molecule has 1 aromatic carbocycles. The van der Waals surface area contributed by atoms with Crippen LogP contribution in [-0.4, -0.2) is 74.9 Å². The Labute approximate surface area is 183 Å². The van der Waals surface area contributed by atoms with Gasteiger partial charge in [-0.1, -0.05) is 35.7 Å². The number of Topliss-reactive ketones (excluding diaryl/α,β-unsaturated/α-hetero) is 2. The van der Waals surface area contributed by atoms with Crippen molar-refractivity contribution in [2.24, 2.45) is 0 Å². The fourth-order valence-electron chi connectivity index (χ4n) is 3.62. The van der Waals surface area contributed by atoms with Crippen LogP contribution in [0.1, 0.15) is 10.4 Å². The van der Waals surface area contributed by atoms with Gasteiger partial charge in [-0.3, -0.25) is 19.3 Å². The molecular weight excluding hydrogens is 422 g/mol. The lowest BCUT2D eigenvalue weighted by Gasteiger charge is -2.27. The molecule has 1 aromatic rings. The maximum Gasteiger partial charge on any atom is 0.239 e. The van der Waals surface area contributed by atoms with Crippen molar-refractivity contribution in [2.75, 3.05) is 57.4 Å². The molecule has 3 aliphatic rings. The zero-order valence-electron chi connectivity index (χ0n) is 16.5. The van der Waals surface area contributed by atoms with E-state index in [4.69, 9.17) is 4.74 Å². The van der Waals surface area contributed by atoms with E-state index in [-0.39, 0.29) is 36.1 Å². The van der Waals surface area contributed by atoms with Crippen molar-refractivity contribution < 1.29 is 19.1 Å². The number of nitrogens with zero attached hydrogens (tertiary/aromatic N) is 2. The number of fused-ring (bicyclic) bond motifs is 1. The second-order valence-electron chi connectivity index (χ2n) is 7.10. The van der Waals surface area contributed by atoms with Gasteiger partial charge in [0.1, 0.15) is 0 Å². The summed E-state index contributed by atoms with van der Waals surface area (Å²) in [7, 11) is 0. The van der Waals surface area contributed by atoms with Gasteiger partial charge in [0.05, 0.1) is 36.1 Å². The maximum atomic E-state index is 13.1. The van der Waals surface area contributed by atoms with E-state index >= 15 is 0 Å². The summed E-state index contributed by atoms with van der Waals surface area (Å²) in [5, 5.41) is 6.66. The molecule has 1 fully saturated rings. The zero-order chi connectivity index (χ0) is 20.9. The maximum absolute atomic E-state index is 13.1. The molecule has 7 nitrogen and oxygen atoms in total. The summed E-state index contributed by atoms with van der Waals surface area (Å²) in [5.74, 6) is -0.693. The minimum Gasteiger partial charge on any atom is -0.379 e. The molecule has 30 heavy (non-hydrogen) atoms. The van der Waals surface area contributed by atoms with E-state index in [0.29, 0.717) is 22.0 Å². The monoisotopic (exact) mass is 445 g/mol. The average molecular weight is 446 g/mol. The number of benzene rings is 1. The third kappa shape index (κ3) is 4.80. The van der Waals surface area contributed by atoms with Crippen LogP contribution in [0.25, 0.3) is 0 Å². The van der Waals surface area contributed by atoms with E-state index in [9.17, 15) is 14.4 Å². The number of hydrogen-bond donors (Lipinski definition) is 1. The fraction of sp³-hybridized carbons (Fsp3) is 0.381. The van der Waals surface area contributed by atoms with Gasteiger partial charge in [-0.2, -0.15) is 0 Å². The highest BCUT2D eigenvalue weighted by Gasteiger charge is 2.33. The van der Waals surface area contributed by atoms with E-state index in [2.05, 4.69) is 10.2 Å². The predicted octanol–water partition coefficient (Wildman–Crippen LogP) is 1.87. The highest BCUT2D eigenvalue weighted by atomic mass is 32.2. The third-order valence-corrected chi connectivity index (χ3v) is 7.26. The molecule has 3 heterocycles. The van der Waals surface area contributed by atoms with Crippen LogP contribution >= 0.6 is 23.5 Å². The minimum absolute atomic E-state index is 0.000406. The molecule has 0 bridgehead atoms. The lowest BCUT2D eigenvalue weighted by Crippen LogP contribution is -2.44. The molecule has 1 saturated heterocycles. The van der Waals surface area contributed by atoms with Crippen LogP contribution < -0.4 is 10.2 Å². The van der Waals surface area contributed by atoms with Gasteiger partial charge in [0.25, 0.3) is 0 Å². The van der Waals surface area contributed by atoms with E-state index in [1.54, 1.807) is 23.1 Å². The second-order valence-corrected chi connectivity index (χ2v) is 9.19. The first-order valence-corrected chi connectivity index (χ1v) is 11.6. The number of morpholine rings is 1. The average Bonchev–Trinajstić information content (AvgIpc) is 3.25. The highest BCUT2D eigenvalue weighted by Crippen LogP contribution is 2.42. The molecular formula is C21H23N3O4S2. The van der Waals surface area contributed by atoms with E-state index in [1.165, 1.54) is 23.5 Å². The standard InChI is InChI=1S/C21H23N3O4S2/c25-17-13-24(14-18(26)22-5-6-23-7-9-28-10-8-23)16-4-2-1-3-15(16)20(27)19(17)21-29-11-12-30-21/h1-4,11-12H,5-10,13-14H2,(H,22,26). The Morgan fingerprint density at radius 2 is 1.83 bits per heavy atom. The van der Waals surface area contributed by atoms with Gasteiger partial charge >= 0.3 is 0 Å². The summed E-state index contributed by atoms with van der Waals surface area (Å²) in [6.45, 7) is 4.51. The third-order valence-electron chi connectivity index (χ3n) is 5.13. The fourth-order valence-corrected chi connectivity index (χ4v) is 5.52. The van der Waals surface area contributed by atoms with E-state index in [0.717, 1.165) is 32.8 Å². The van der Waals surface area contributed by atoms with Crippen LogP contribution in [0.2, 0.25) is 0 Å². The van der Waals surface area contributed by atoms with Crippen molar-refractivity contribution in [2.45, 2.75) is 0 Å². The smallest absolute Gasteiger partial charge is 0.239 e. The number of anilines is 1. The largest absolute Gasteiger partial charge is 0.379 e. The molecule has 0 spiro atoms. The number of hydrogen-bond acceptors (Lipinski definition) is 8. The van der Waals surface area contributed by atoms with E-state index in [1.807, 2.05) is 16.9 Å². The summed E-state index contributed by atoms with van der Waals surface area (Å²) in [4.78, 5) is 42.6. The minimum atomic E-state index is -0.274. The molecule has 0 atom stereocenters. The lowest BCUT2D eigenvalue weighted by atomic mass is 10.0. The number of ketones is 2. The Morgan fingerprint density at radius 3 is 2.60 bits per heavy atom. The zero-order valence-corrected chi connectivity index (χ0v) is 18.1. The Kier molecular flexibility index (Phi) is 6.93. The van der Waals surface area contributed by atoms with Crippen LogP contribution in [0.3, 0.4) is 0 Å². The van der Waals surface area contributed by atoms with Crippen molar-refractivity contribution in [1.29, 1.82) is 0 Å². The Morgan fingerprint density at radius 1 is 1.10 bits per heavy atom. The SMILES string of the molecule is O=C(CN1CC(=O)C(=C2SC=CS2)C(=O)c2ccccc21)NCCN1CCOCC1. The number of thioether (sulfide) groups is 2. The molecule has 4 rings (SSSR count). The van der Waals surface area contributed by atoms with Crippen molar-refractivity contribution >= 4 is 46.7 Å². The number of rotatable bonds is 5. The molecule has 0 unspecified atom stereocenters. The molecule has 0 saturated carbocycles. The van der Waals surface area contributed by atoms with Gasteiger partial charge in [-0.05, 0) is 22.9 Å². The molecule has 1 amide bonds. The second kappa shape index (κ2) is 9.82. The molecule has 0 aliphatic carbocycles. The molecule has 3 aliphatic heterocycles. The lowest BCUT2D eigenvalue weighted by molar-refractivity contribution is -0.119. The first kappa shape index (κ1) is 21.2. The summed E-state index contributed by atoms with van der Waals surface area (Å²) in [6, 6.07) is 7.11. The Balaban J connectivity index is 1.46. The van der Waals surface area contributed by atoms with Crippen molar-refractivity contribution in [3.8, 4) is 0 Å². The normalized spacial score (nSPS) is 19.8. The number of carbonyl (C=O) groups excluding carboxylic acids is 3. The number of carbonyl (C=O) groups is 3. The van der Waals surface area contributed by atoms with Gasteiger partial charge in [0.2, 0.25) is 5.91 Å². The summed E-state index contributed by atoms with van der Waals surface area (Å²) >= 11 is 2.78. The van der Waals surface area contributed by atoms with Gasteiger partial charge in [0.15, 0.2) is 11.6 Å². The van der Waals surface area contributed by atoms with Crippen LogP contribution in [0, 0.1) is 0 Å². The molecule has 0 radical (unpaired) electrons. The summed E-state index contributed by atoms with van der Waals surface area (Å²) in [5.41, 5.74) is 1.30. The van der Waals surface area contributed by atoms with Gasteiger partial charge in [-0.25, -0.2) is 0 Å². The van der Waals surface area contributed by atoms with Crippen LogP contribution in [0.5, 0.6) is 0 Å². The summed E-state index contributed by atoms with van der Waals surface area (Å²) < 4.78 is 6.04. The number of para-hydroxylation sites is 1. The van der Waals surface area contributed by atoms with Crippen LogP contribution in [0.15, 0.2) is 44.9 Å². The number of nitrogens with one attached hydrogen (secondary N) is 1. The van der Waals surface area contributed by atoms with Gasteiger partial charge in [-0.15, -0.1) is 0 Å².